The van der Waals surface area contributed by atoms with E-state index < -0.39 is 5.82 Å². The van der Waals surface area contributed by atoms with E-state index in [1.165, 1.54) is 6.07 Å². The summed E-state index contributed by atoms with van der Waals surface area (Å²) in [5, 5.41) is 10.3. The fraction of sp³-hybridized carbons (Fsp3) is 0.118. The zero-order valence-corrected chi connectivity index (χ0v) is 12.7. The van der Waals surface area contributed by atoms with Gasteiger partial charge in [0.1, 0.15) is 11.6 Å². The van der Waals surface area contributed by atoms with Crippen LogP contribution in [0.3, 0.4) is 0 Å². The quantitative estimate of drug-likeness (QED) is 0.887. The van der Waals surface area contributed by atoms with Gasteiger partial charge in [0.15, 0.2) is 0 Å². The summed E-state index contributed by atoms with van der Waals surface area (Å²) < 4.78 is 13.4. The Morgan fingerprint density at radius 2 is 2.09 bits per heavy atom. The van der Waals surface area contributed by atoms with Crippen molar-refractivity contribution in [1.82, 2.24) is 4.98 Å². The molecule has 5 heteroatoms. The molecule has 1 aliphatic rings. The van der Waals surface area contributed by atoms with Gasteiger partial charge in [0, 0.05) is 29.7 Å². The third-order valence-corrected chi connectivity index (χ3v) is 3.75. The zero-order valence-electron chi connectivity index (χ0n) is 11.9. The van der Waals surface area contributed by atoms with Crippen molar-refractivity contribution < 1.29 is 9.50 Å². The van der Waals surface area contributed by atoms with E-state index in [4.69, 9.17) is 11.6 Å². The number of anilines is 1. The number of halogens is 2. The van der Waals surface area contributed by atoms with Crippen molar-refractivity contribution in [3.63, 3.8) is 0 Å². The van der Waals surface area contributed by atoms with E-state index in [2.05, 4.69) is 4.98 Å². The maximum absolute atomic E-state index is 13.4. The molecule has 0 radical (unpaired) electrons. The number of allylic oxidation sites excluding steroid dienone is 1. The van der Waals surface area contributed by atoms with Gasteiger partial charge in [0.05, 0.1) is 10.7 Å². The van der Waals surface area contributed by atoms with Crippen molar-refractivity contribution in [3.05, 3.63) is 76.5 Å². The molecule has 22 heavy (non-hydrogen) atoms. The van der Waals surface area contributed by atoms with Gasteiger partial charge >= 0.3 is 0 Å². The second-order valence-corrected chi connectivity index (χ2v) is 5.44. The first-order chi connectivity index (χ1) is 10.6. The molecule has 1 aromatic carbocycles. The van der Waals surface area contributed by atoms with Crippen molar-refractivity contribution in [2.45, 2.75) is 6.92 Å². The Bertz CT molecular complexity index is 786. The Balaban J connectivity index is 2.10. The van der Waals surface area contributed by atoms with Crippen LogP contribution in [0.25, 0.3) is 5.70 Å². The molecule has 3 nitrogen and oxygen atoms in total. The van der Waals surface area contributed by atoms with Crippen LogP contribution in [0.15, 0.2) is 54.4 Å². The standard InChI is InChI=1S/C17H14ClFN2O/c1-11-9-12(6-7-20-11)17-16(22)3-2-8-21(17)13-4-5-15(19)14(18)10-13/h2-7,9-10,22H,8H2,1H3. The largest absolute Gasteiger partial charge is 0.506 e. The van der Waals surface area contributed by atoms with Gasteiger partial charge < -0.3 is 10.0 Å². The van der Waals surface area contributed by atoms with E-state index in [0.717, 1.165) is 11.3 Å². The normalized spacial score (nSPS) is 14.6. The number of aromatic nitrogens is 1. The minimum absolute atomic E-state index is 0.0526. The van der Waals surface area contributed by atoms with E-state index in [9.17, 15) is 9.50 Å². The topological polar surface area (TPSA) is 36.4 Å². The lowest BCUT2D eigenvalue weighted by atomic mass is 10.1. The van der Waals surface area contributed by atoms with Gasteiger partial charge in [-0.3, -0.25) is 4.98 Å². The fourth-order valence-corrected chi connectivity index (χ4v) is 2.64. The fourth-order valence-electron chi connectivity index (χ4n) is 2.46. The van der Waals surface area contributed by atoms with E-state index in [-0.39, 0.29) is 10.8 Å². The smallest absolute Gasteiger partial charge is 0.141 e. The first-order valence-corrected chi connectivity index (χ1v) is 7.19. The average molecular weight is 317 g/mol. The van der Waals surface area contributed by atoms with Crippen molar-refractivity contribution in [2.75, 3.05) is 11.4 Å². The van der Waals surface area contributed by atoms with Crippen LogP contribution in [0.2, 0.25) is 5.02 Å². The summed E-state index contributed by atoms with van der Waals surface area (Å²) in [6, 6.07) is 8.24. The third kappa shape index (κ3) is 2.70. The van der Waals surface area contributed by atoms with Crippen LogP contribution in [0.1, 0.15) is 11.3 Å². The molecule has 2 aromatic rings. The molecule has 0 bridgehead atoms. The molecular formula is C17H14ClFN2O. The van der Waals surface area contributed by atoms with Gasteiger partial charge in [-0.1, -0.05) is 17.7 Å². The molecule has 3 rings (SSSR count). The molecule has 112 valence electrons. The molecule has 0 saturated carbocycles. The molecule has 1 N–H and O–H groups in total. The Morgan fingerprint density at radius 1 is 1.27 bits per heavy atom. The van der Waals surface area contributed by atoms with Crippen LogP contribution in [0.4, 0.5) is 10.1 Å². The van der Waals surface area contributed by atoms with Crippen LogP contribution in [-0.2, 0) is 0 Å². The van der Waals surface area contributed by atoms with Gasteiger partial charge in [-0.15, -0.1) is 0 Å². The second kappa shape index (κ2) is 5.81. The third-order valence-electron chi connectivity index (χ3n) is 3.46. The number of hydrogen-bond acceptors (Lipinski definition) is 3. The first-order valence-electron chi connectivity index (χ1n) is 6.81. The SMILES string of the molecule is Cc1cc(C2=C(O)C=CCN2c2ccc(F)c(Cl)c2)ccn1. The number of pyridine rings is 1. The van der Waals surface area contributed by atoms with Crippen molar-refractivity contribution in [2.24, 2.45) is 0 Å². The summed E-state index contributed by atoms with van der Waals surface area (Å²) in [5.41, 5.74) is 3.06. The Morgan fingerprint density at radius 3 is 2.82 bits per heavy atom. The summed E-state index contributed by atoms with van der Waals surface area (Å²) >= 11 is 5.88. The summed E-state index contributed by atoms with van der Waals surface area (Å²) in [6.07, 6.45) is 5.19. The Labute approximate surface area is 133 Å². The number of hydrogen-bond donors (Lipinski definition) is 1. The number of aryl methyl sites for hydroxylation is 1. The van der Waals surface area contributed by atoms with Crippen LogP contribution in [-0.4, -0.2) is 16.6 Å². The molecule has 2 heterocycles. The monoisotopic (exact) mass is 316 g/mol. The molecule has 0 amide bonds. The van der Waals surface area contributed by atoms with Crippen LogP contribution in [0.5, 0.6) is 0 Å². The first kappa shape index (κ1) is 14.6. The maximum atomic E-state index is 13.4. The number of aliphatic hydroxyl groups excluding tert-OH is 1. The molecule has 0 spiro atoms. The minimum atomic E-state index is -0.465. The highest BCUT2D eigenvalue weighted by molar-refractivity contribution is 6.31. The summed E-state index contributed by atoms with van der Waals surface area (Å²) in [6.45, 7) is 2.45. The number of rotatable bonds is 2. The van der Waals surface area contributed by atoms with Crippen molar-refractivity contribution in [1.29, 1.82) is 0 Å². The second-order valence-electron chi connectivity index (χ2n) is 5.03. The van der Waals surface area contributed by atoms with E-state index in [1.807, 2.05) is 30.0 Å². The van der Waals surface area contributed by atoms with Gasteiger partial charge in [-0.05, 0) is 43.3 Å². The van der Waals surface area contributed by atoms with Crippen molar-refractivity contribution in [3.8, 4) is 0 Å². The lowest BCUT2D eigenvalue weighted by Gasteiger charge is -2.29. The number of aliphatic hydroxyl groups is 1. The predicted molar refractivity (Wildman–Crippen MR) is 86.4 cm³/mol. The van der Waals surface area contributed by atoms with Gasteiger partial charge in [0.2, 0.25) is 0 Å². The molecule has 0 unspecified atom stereocenters. The molecule has 0 aliphatic carbocycles. The molecule has 1 aromatic heterocycles. The zero-order chi connectivity index (χ0) is 15.7. The van der Waals surface area contributed by atoms with Gasteiger partial charge in [-0.2, -0.15) is 0 Å². The summed E-state index contributed by atoms with van der Waals surface area (Å²) in [4.78, 5) is 6.06. The molecule has 0 atom stereocenters. The van der Waals surface area contributed by atoms with E-state index >= 15 is 0 Å². The number of nitrogens with zero attached hydrogens (tertiary/aromatic N) is 2. The molecule has 0 saturated heterocycles. The van der Waals surface area contributed by atoms with Crippen LogP contribution in [0, 0.1) is 12.7 Å². The lowest BCUT2D eigenvalue weighted by molar-refractivity contribution is 0.431. The highest BCUT2D eigenvalue weighted by Gasteiger charge is 2.20. The predicted octanol–water partition coefficient (Wildman–Crippen LogP) is 4.49. The Kier molecular flexibility index (Phi) is 3.86. The number of benzene rings is 1. The lowest BCUT2D eigenvalue weighted by Crippen LogP contribution is -2.25. The average Bonchev–Trinajstić information content (AvgIpc) is 2.50. The van der Waals surface area contributed by atoms with Crippen LogP contribution >= 0.6 is 11.6 Å². The van der Waals surface area contributed by atoms with Gasteiger partial charge in [-0.25, -0.2) is 4.39 Å². The van der Waals surface area contributed by atoms with Crippen molar-refractivity contribution >= 4 is 23.0 Å². The van der Waals surface area contributed by atoms with E-state index in [0.29, 0.717) is 17.9 Å². The summed E-state index contributed by atoms with van der Waals surface area (Å²) in [7, 11) is 0. The molecule has 1 aliphatic heterocycles. The molecular weight excluding hydrogens is 303 g/mol. The van der Waals surface area contributed by atoms with Crippen LogP contribution < -0.4 is 4.90 Å². The maximum Gasteiger partial charge on any atom is 0.141 e. The summed E-state index contributed by atoms with van der Waals surface area (Å²) in [5.74, 6) is -0.315. The highest BCUT2D eigenvalue weighted by Crippen LogP contribution is 2.33. The van der Waals surface area contributed by atoms with Gasteiger partial charge in [0.25, 0.3) is 0 Å². The highest BCUT2D eigenvalue weighted by atomic mass is 35.5. The Hall–Kier alpha value is -2.33. The minimum Gasteiger partial charge on any atom is -0.506 e. The van der Waals surface area contributed by atoms with E-state index in [1.54, 1.807) is 24.4 Å². The molecule has 0 fully saturated rings.